The molecule has 0 radical (unpaired) electrons. The van der Waals surface area contributed by atoms with E-state index in [2.05, 4.69) is 10.3 Å². The lowest BCUT2D eigenvalue weighted by molar-refractivity contribution is -0.122. The minimum Gasteiger partial charge on any atom is -0.364 e. The predicted octanol–water partition coefficient (Wildman–Crippen LogP) is 0.805. The first kappa shape index (κ1) is 15.7. The number of rotatable bonds is 5. The number of aromatic nitrogens is 1. The molecule has 1 atom stereocenters. The molecule has 6 nitrogen and oxygen atoms in total. The van der Waals surface area contributed by atoms with Gasteiger partial charge < -0.3 is 16.8 Å². The molecule has 0 aliphatic rings. The summed E-state index contributed by atoms with van der Waals surface area (Å²) >= 11 is 0. The first-order chi connectivity index (χ1) is 10.5. The highest BCUT2D eigenvalue weighted by atomic mass is 16.2. The third-order valence-electron chi connectivity index (χ3n) is 3.28. The van der Waals surface area contributed by atoms with Crippen LogP contribution in [0.1, 0.15) is 33.2 Å². The fraction of sp³-hybridized carbons (Fsp3) is 0.188. The van der Waals surface area contributed by atoms with E-state index in [4.69, 9.17) is 11.5 Å². The third-order valence-corrected chi connectivity index (χ3v) is 3.28. The molecule has 6 heteroatoms. The van der Waals surface area contributed by atoms with Crippen LogP contribution in [0.5, 0.6) is 0 Å². The molecule has 0 saturated carbocycles. The van der Waals surface area contributed by atoms with E-state index in [1.54, 1.807) is 25.1 Å². The number of benzene rings is 1. The van der Waals surface area contributed by atoms with Gasteiger partial charge in [0.1, 0.15) is 11.7 Å². The summed E-state index contributed by atoms with van der Waals surface area (Å²) in [4.78, 5) is 27.2. The van der Waals surface area contributed by atoms with E-state index in [0.29, 0.717) is 5.56 Å². The number of amides is 2. The van der Waals surface area contributed by atoms with Gasteiger partial charge in [-0.2, -0.15) is 0 Å². The molecule has 0 saturated heterocycles. The van der Waals surface area contributed by atoms with E-state index < -0.39 is 11.9 Å². The molecule has 2 rings (SSSR count). The Hall–Kier alpha value is -2.73. The summed E-state index contributed by atoms with van der Waals surface area (Å²) in [5.41, 5.74) is 13.5. The first-order valence-electron chi connectivity index (χ1n) is 6.82. The molecule has 2 aromatic rings. The van der Waals surface area contributed by atoms with Crippen molar-refractivity contribution >= 4 is 11.8 Å². The van der Waals surface area contributed by atoms with Gasteiger partial charge in [-0.05, 0) is 23.6 Å². The maximum absolute atomic E-state index is 12.0. The van der Waals surface area contributed by atoms with Crippen LogP contribution in [0.2, 0.25) is 0 Å². The topological polar surface area (TPSA) is 111 Å². The van der Waals surface area contributed by atoms with Gasteiger partial charge in [-0.1, -0.05) is 36.4 Å². The van der Waals surface area contributed by atoms with Crippen LogP contribution in [0.4, 0.5) is 0 Å². The summed E-state index contributed by atoms with van der Waals surface area (Å²) in [7, 11) is 0. The van der Waals surface area contributed by atoms with Crippen molar-refractivity contribution < 1.29 is 9.59 Å². The van der Waals surface area contributed by atoms with Gasteiger partial charge in [0.15, 0.2) is 0 Å². The van der Waals surface area contributed by atoms with E-state index in [-0.39, 0.29) is 18.1 Å². The van der Waals surface area contributed by atoms with E-state index in [9.17, 15) is 9.59 Å². The van der Waals surface area contributed by atoms with Gasteiger partial charge in [0, 0.05) is 12.7 Å². The number of hydrogen-bond donors (Lipinski definition) is 3. The second kappa shape index (κ2) is 6.82. The Morgan fingerprint density at radius 2 is 1.95 bits per heavy atom. The standard InChI is InChI=1S/C16H18N4O2/c1-10-7-11(8-19-14(10)15(18)21)9-20-16(22)13(17)12-5-3-2-4-6-12/h2-8,13H,9,17H2,1H3,(H2,18,21)(H,20,22). The Morgan fingerprint density at radius 1 is 1.27 bits per heavy atom. The average molecular weight is 298 g/mol. The molecule has 22 heavy (non-hydrogen) atoms. The van der Waals surface area contributed by atoms with Crippen LogP contribution in [-0.2, 0) is 11.3 Å². The molecule has 0 aliphatic heterocycles. The summed E-state index contributed by atoms with van der Waals surface area (Å²) in [6.45, 7) is 2.03. The summed E-state index contributed by atoms with van der Waals surface area (Å²) < 4.78 is 0. The van der Waals surface area contributed by atoms with E-state index in [1.807, 2.05) is 18.2 Å². The van der Waals surface area contributed by atoms with E-state index in [0.717, 1.165) is 11.1 Å². The summed E-state index contributed by atoms with van der Waals surface area (Å²) in [6.07, 6.45) is 1.52. The molecule has 1 aromatic heterocycles. The molecule has 1 unspecified atom stereocenters. The normalized spacial score (nSPS) is 11.7. The number of aryl methyl sites for hydroxylation is 1. The Balaban J connectivity index is 1.99. The van der Waals surface area contributed by atoms with Gasteiger partial charge >= 0.3 is 0 Å². The second-order valence-corrected chi connectivity index (χ2v) is 4.98. The zero-order chi connectivity index (χ0) is 16.1. The first-order valence-corrected chi connectivity index (χ1v) is 6.82. The zero-order valence-corrected chi connectivity index (χ0v) is 12.2. The smallest absolute Gasteiger partial charge is 0.267 e. The molecule has 0 spiro atoms. The number of primary amides is 1. The van der Waals surface area contributed by atoms with Crippen molar-refractivity contribution in [2.24, 2.45) is 11.5 Å². The molecule has 0 fully saturated rings. The van der Waals surface area contributed by atoms with Gasteiger partial charge in [0.25, 0.3) is 5.91 Å². The minimum absolute atomic E-state index is 0.232. The Morgan fingerprint density at radius 3 is 2.55 bits per heavy atom. The van der Waals surface area contributed by atoms with Crippen LogP contribution in [0.15, 0.2) is 42.6 Å². The van der Waals surface area contributed by atoms with Gasteiger partial charge in [0.05, 0.1) is 0 Å². The number of carbonyl (C=O) groups is 2. The van der Waals surface area contributed by atoms with Crippen LogP contribution in [-0.4, -0.2) is 16.8 Å². The molecule has 0 bridgehead atoms. The molecular weight excluding hydrogens is 280 g/mol. The largest absolute Gasteiger partial charge is 0.364 e. The van der Waals surface area contributed by atoms with Crippen molar-refractivity contribution in [3.05, 3.63) is 65.0 Å². The molecule has 1 heterocycles. The number of nitrogens with zero attached hydrogens (tertiary/aromatic N) is 1. The number of carbonyl (C=O) groups excluding carboxylic acids is 2. The molecule has 0 aliphatic carbocycles. The minimum atomic E-state index is -0.722. The summed E-state index contributed by atoms with van der Waals surface area (Å²) in [6, 6.07) is 10.2. The maximum atomic E-state index is 12.0. The molecule has 5 N–H and O–H groups in total. The van der Waals surface area contributed by atoms with Crippen LogP contribution in [0.25, 0.3) is 0 Å². The van der Waals surface area contributed by atoms with Crippen LogP contribution in [0.3, 0.4) is 0 Å². The fourth-order valence-corrected chi connectivity index (χ4v) is 2.10. The van der Waals surface area contributed by atoms with Crippen molar-refractivity contribution in [3.63, 3.8) is 0 Å². The van der Waals surface area contributed by atoms with Crippen LogP contribution in [0, 0.1) is 6.92 Å². The number of nitrogens with two attached hydrogens (primary N) is 2. The quantitative estimate of drug-likeness (QED) is 0.758. The Bertz CT molecular complexity index is 686. The van der Waals surface area contributed by atoms with Crippen molar-refractivity contribution in [1.82, 2.24) is 10.3 Å². The number of nitrogens with one attached hydrogen (secondary N) is 1. The lowest BCUT2D eigenvalue weighted by Gasteiger charge is -2.13. The number of hydrogen-bond acceptors (Lipinski definition) is 4. The van der Waals surface area contributed by atoms with Crippen molar-refractivity contribution in [3.8, 4) is 0 Å². The highest BCUT2D eigenvalue weighted by Crippen LogP contribution is 2.11. The lowest BCUT2D eigenvalue weighted by Crippen LogP contribution is -2.33. The third kappa shape index (κ3) is 3.67. The number of pyridine rings is 1. The summed E-state index contributed by atoms with van der Waals surface area (Å²) in [5, 5.41) is 2.75. The monoisotopic (exact) mass is 298 g/mol. The maximum Gasteiger partial charge on any atom is 0.267 e. The molecular formula is C16H18N4O2. The lowest BCUT2D eigenvalue weighted by atomic mass is 10.1. The highest BCUT2D eigenvalue weighted by molar-refractivity contribution is 5.92. The fourth-order valence-electron chi connectivity index (χ4n) is 2.10. The predicted molar refractivity (Wildman–Crippen MR) is 82.7 cm³/mol. The van der Waals surface area contributed by atoms with Crippen LogP contribution < -0.4 is 16.8 Å². The Labute approximate surface area is 128 Å². The molecule has 2 amide bonds. The second-order valence-electron chi connectivity index (χ2n) is 4.98. The molecule has 1 aromatic carbocycles. The van der Waals surface area contributed by atoms with Gasteiger partial charge in [-0.15, -0.1) is 0 Å². The van der Waals surface area contributed by atoms with E-state index in [1.165, 1.54) is 6.20 Å². The molecule has 114 valence electrons. The zero-order valence-electron chi connectivity index (χ0n) is 12.2. The van der Waals surface area contributed by atoms with Crippen molar-refractivity contribution in [2.45, 2.75) is 19.5 Å². The van der Waals surface area contributed by atoms with E-state index >= 15 is 0 Å². The van der Waals surface area contributed by atoms with Crippen LogP contribution >= 0.6 is 0 Å². The average Bonchev–Trinajstić information content (AvgIpc) is 2.52. The Kier molecular flexibility index (Phi) is 4.85. The van der Waals surface area contributed by atoms with Gasteiger partial charge in [0.2, 0.25) is 5.91 Å². The van der Waals surface area contributed by atoms with Crippen molar-refractivity contribution in [1.29, 1.82) is 0 Å². The highest BCUT2D eigenvalue weighted by Gasteiger charge is 2.15. The van der Waals surface area contributed by atoms with Crippen molar-refractivity contribution in [2.75, 3.05) is 0 Å². The summed E-state index contributed by atoms with van der Waals surface area (Å²) in [5.74, 6) is -0.845. The SMILES string of the molecule is Cc1cc(CNC(=O)C(N)c2ccccc2)cnc1C(N)=O. The van der Waals surface area contributed by atoms with Gasteiger partial charge in [-0.3, -0.25) is 14.6 Å². The van der Waals surface area contributed by atoms with Gasteiger partial charge in [-0.25, -0.2) is 0 Å².